The number of hydrogen-bond acceptors (Lipinski definition) is 3. The molecule has 0 bridgehead atoms. The van der Waals surface area contributed by atoms with Gasteiger partial charge >= 0.3 is 5.97 Å². The Morgan fingerprint density at radius 1 is 1.33 bits per heavy atom. The Morgan fingerprint density at radius 2 is 1.94 bits per heavy atom. The molecule has 5 nitrogen and oxygen atoms in total. The Balaban J connectivity index is 2.66. The standard InChI is InChI=1S/C12H17NO4S/c1-8(2)18(16,17)13-7-10(12(14)15)9-5-3-4-6-11(9)13/h7-8H,3-6H2,1-2H3,(H,14,15). The summed E-state index contributed by atoms with van der Waals surface area (Å²) in [5.74, 6) is -1.05. The first-order valence-electron chi connectivity index (χ1n) is 6.06. The SMILES string of the molecule is CC(C)S(=O)(=O)n1cc(C(=O)O)c2c1CCCC2. The average Bonchev–Trinajstić information content (AvgIpc) is 2.68. The van der Waals surface area contributed by atoms with Crippen molar-refractivity contribution < 1.29 is 18.3 Å². The van der Waals surface area contributed by atoms with Gasteiger partial charge < -0.3 is 5.11 Å². The Bertz CT molecular complexity index is 583. The smallest absolute Gasteiger partial charge is 0.337 e. The molecule has 1 heterocycles. The first-order valence-corrected chi connectivity index (χ1v) is 7.56. The van der Waals surface area contributed by atoms with Crippen molar-refractivity contribution in [3.8, 4) is 0 Å². The van der Waals surface area contributed by atoms with Crippen LogP contribution in [0.15, 0.2) is 6.20 Å². The normalized spacial score (nSPS) is 15.7. The van der Waals surface area contributed by atoms with Gasteiger partial charge in [0.15, 0.2) is 0 Å². The predicted octanol–water partition coefficient (Wildman–Crippen LogP) is 1.65. The molecule has 1 N–H and O–H groups in total. The molecule has 1 aliphatic rings. The second-order valence-electron chi connectivity index (χ2n) is 4.87. The lowest BCUT2D eigenvalue weighted by Gasteiger charge is -2.17. The van der Waals surface area contributed by atoms with Crippen LogP contribution in [-0.2, 0) is 22.9 Å². The Morgan fingerprint density at radius 3 is 2.50 bits per heavy atom. The van der Waals surface area contributed by atoms with E-state index in [0.717, 1.165) is 12.8 Å². The molecule has 18 heavy (non-hydrogen) atoms. The highest BCUT2D eigenvalue weighted by molar-refractivity contribution is 7.90. The van der Waals surface area contributed by atoms with Gasteiger partial charge in [-0.25, -0.2) is 17.2 Å². The zero-order chi connectivity index (χ0) is 13.5. The molecule has 0 radical (unpaired) electrons. The van der Waals surface area contributed by atoms with Crippen LogP contribution in [0.1, 0.15) is 48.3 Å². The fourth-order valence-corrected chi connectivity index (χ4v) is 3.55. The molecule has 0 aliphatic heterocycles. The number of carboxylic acid groups (broad SMARTS) is 1. The molecule has 0 saturated heterocycles. The van der Waals surface area contributed by atoms with Crippen LogP contribution >= 0.6 is 0 Å². The third-order valence-corrected chi connectivity index (χ3v) is 5.44. The van der Waals surface area contributed by atoms with Gasteiger partial charge in [0, 0.05) is 11.9 Å². The number of hydrogen-bond donors (Lipinski definition) is 1. The minimum atomic E-state index is -3.48. The topological polar surface area (TPSA) is 76.4 Å². The molecule has 0 saturated carbocycles. The van der Waals surface area contributed by atoms with Gasteiger partial charge in [0.1, 0.15) is 0 Å². The van der Waals surface area contributed by atoms with Crippen molar-refractivity contribution in [2.75, 3.05) is 0 Å². The number of fused-ring (bicyclic) bond motifs is 1. The van der Waals surface area contributed by atoms with E-state index in [-0.39, 0.29) is 5.56 Å². The molecule has 1 aromatic heterocycles. The molecular formula is C12H17NO4S. The Hall–Kier alpha value is -1.30. The minimum Gasteiger partial charge on any atom is -0.478 e. The zero-order valence-electron chi connectivity index (χ0n) is 10.5. The third kappa shape index (κ3) is 1.94. The number of carboxylic acids is 1. The third-order valence-electron chi connectivity index (χ3n) is 3.38. The summed E-state index contributed by atoms with van der Waals surface area (Å²) in [7, 11) is -3.48. The van der Waals surface area contributed by atoms with Crippen molar-refractivity contribution in [2.45, 2.75) is 44.8 Å². The molecule has 100 valence electrons. The first kappa shape index (κ1) is 13.1. The average molecular weight is 271 g/mol. The summed E-state index contributed by atoms with van der Waals surface area (Å²) in [6, 6.07) is 0. The molecule has 0 spiro atoms. The molecule has 0 aromatic carbocycles. The summed E-state index contributed by atoms with van der Waals surface area (Å²) in [5, 5.41) is 8.59. The van der Waals surface area contributed by atoms with E-state index in [1.807, 2.05) is 0 Å². The molecule has 1 aliphatic carbocycles. The lowest BCUT2D eigenvalue weighted by atomic mass is 9.95. The first-order chi connectivity index (χ1) is 8.35. The van der Waals surface area contributed by atoms with E-state index in [1.54, 1.807) is 13.8 Å². The Kier molecular flexibility index (Phi) is 3.23. The molecule has 1 aromatic rings. The molecule has 2 rings (SSSR count). The van der Waals surface area contributed by atoms with Crippen LogP contribution in [0.2, 0.25) is 0 Å². The van der Waals surface area contributed by atoms with E-state index in [0.29, 0.717) is 24.1 Å². The van der Waals surface area contributed by atoms with Crippen LogP contribution in [0.4, 0.5) is 0 Å². The van der Waals surface area contributed by atoms with Crippen molar-refractivity contribution in [3.63, 3.8) is 0 Å². The number of aromatic nitrogens is 1. The maximum Gasteiger partial charge on any atom is 0.337 e. The highest BCUT2D eigenvalue weighted by Gasteiger charge is 2.29. The summed E-state index contributed by atoms with van der Waals surface area (Å²) in [5.41, 5.74) is 1.49. The van der Waals surface area contributed by atoms with Gasteiger partial charge in [0.25, 0.3) is 0 Å². The van der Waals surface area contributed by atoms with Gasteiger partial charge in [-0.05, 0) is 45.1 Å². The number of aromatic carboxylic acids is 1. The van der Waals surface area contributed by atoms with E-state index in [1.165, 1.54) is 10.2 Å². The van der Waals surface area contributed by atoms with Crippen LogP contribution in [0, 0.1) is 0 Å². The van der Waals surface area contributed by atoms with Crippen LogP contribution in [0.3, 0.4) is 0 Å². The van der Waals surface area contributed by atoms with E-state index >= 15 is 0 Å². The maximum absolute atomic E-state index is 12.2. The highest BCUT2D eigenvalue weighted by atomic mass is 32.2. The van der Waals surface area contributed by atoms with Crippen molar-refractivity contribution in [3.05, 3.63) is 23.0 Å². The summed E-state index contributed by atoms with van der Waals surface area (Å²) in [6.07, 6.45) is 4.38. The van der Waals surface area contributed by atoms with Gasteiger partial charge in [-0.1, -0.05) is 0 Å². The minimum absolute atomic E-state index is 0.133. The molecule has 0 atom stereocenters. The zero-order valence-corrected chi connectivity index (χ0v) is 11.3. The van der Waals surface area contributed by atoms with Crippen LogP contribution in [0.25, 0.3) is 0 Å². The van der Waals surface area contributed by atoms with Crippen LogP contribution < -0.4 is 0 Å². The van der Waals surface area contributed by atoms with Crippen LogP contribution in [-0.4, -0.2) is 28.7 Å². The van der Waals surface area contributed by atoms with Crippen molar-refractivity contribution in [1.29, 1.82) is 0 Å². The summed E-state index contributed by atoms with van der Waals surface area (Å²) >= 11 is 0. The fourth-order valence-electron chi connectivity index (χ4n) is 2.33. The van der Waals surface area contributed by atoms with Gasteiger partial charge in [0.05, 0.1) is 10.8 Å². The fraction of sp³-hybridized carbons (Fsp3) is 0.583. The van der Waals surface area contributed by atoms with Gasteiger partial charge in [-0.15, -0.1) is 0 Å². The number of rotatable bonds is 3. The predicted molar refractivity (Wildman–Crippen MR) is 67.5 cm³/mol. The molecule has 0 unspecified atom stereocenters. The van der Waals surface area contributed by atoms with Gasteiger partial charge in [-0.3, -0.25) is 0 Å². The lowest BCUT2D eigenvalue weighted by Crippen LogP contribution is -2.24. The summed E-state index contributed by atoms with van der Waals surface area (Å²) in [6.45, 7) is 3.20. The highest BCUT2D eigenvalue weighted by Crippen LogP contribution is 2.28. The molecule has 0 fully saturated rings. The van der Waals surface area contributed by atoms with Gasteiger partial charge in [-0.2, -0.15) is 0 Å². The summed E-state index contributed by atoms with van der Waals surface area (Å²) < 4.78 is 25.6. The van der Waals surface area contributed by atoms with E-state index in [2.05, 4.69) is 0 Å². The van der Waals surface area contributed by atoms with E-state index in [9.17, 15) is 13.2 Å². The van der Waals surface area contributed by atoms with Crippen molar-refractivity contribution in [1.82, 2.24) is 3.97 Å². The van der Waals surface area contributed by atoms with Crippen molar-refractivity contribution in [2.24, 2.45) is 0 Å². The van der Waals surface area contributed by atoms with E-state index < -0.39 is 21.2 Å². The number of carbonyl (C=O) groups is 1. The quantitative estimate of drug-likeness (QED) is 0.907. The molecule has 0 amide bonds. The van der Waals surface area contributed by atoms with Crippen LogP contribution in [0.5, 0.6) is 0 Å². The second-order valence-corrected chi connectivity index (χ2v) is 7.24. The number of nitrogens with zero attached hydrogens (tertiary/aromatic N) is 1. The summed E-state index contributed by atoms with van der Waals surface area (Å²) in [4.78, 5) is 11.2. The van der Waals surface area contributed by atoms with Gasteiger partial charge in [0.2, 0.25) is 10.0 Å². The van der Waals surface area contributed by atoms with Crippen molar-refractivity contribution >= 4 is 16.0 Å². The van der Waals surface area contributed by atoms with E-state index in [4.69, 9.17) is 5.11 Å². The largest absolute Gasteiger partial charge is 0.478 e. The monoisotopic (exact) mass is 271 g/mol. The molecular weight excluding hydrogens is 254 g/mol. The second kappa shape index (κ2) is 4.42. The Labute approximate surface area is 106 Å². The maximum atomic E-state index is 12.2. The molecule has 6 heteroatoms. The lowest BCUT2D eigenvalue weighted by molar-refractivity contribution is 0.0695.